The summed E-state index contributed by atoms with van der Waals surface area (Å²) in [6, 6.07) is 3.60. The Labute approximate surface area is 94.5 Å². The fourth-order valence-electron chi connectivity index (χ4n) is 1.19. The smallest absolute Gasteiger partial charge is 0.159 e. The topological polar surface area (TPSA) is 61.8 Å². The molecule has 2 rings (SSSR count). The number of aromatic hydroxyl groups is 1. The summed E-state index contributed by atoms with van der Waals surface area (Å²) >= 11 is 2.22. The maximum Gasteiger partial charge on any atom is 0.159 e. The van der Waals surface area contributed by atoms with Crippen LogP contribution in [0.2, 0.25) is 0 Å². The van der Waals surface area contributed by atoms with Crippen molar-refractivity contribution in [2.75, 3.05) is 0 Å². The number of benzene rings is 1. The number of phenols is 1. The number of aromatic amines is 1. The number of hydrogen-bond donors (Lipinski definition) is 2. The van der Waals surface area contributed by atoms with Gasteiger partial charge in [-0.15, -0.1) is 0 Å². The lowest BCUT2D eigenvalue weighted by molar-refractivity contribution is 0.476. The second kappa shape index (κ2) is 3.56. The van der Waals surface area contributed by atoms with Crippen LogP contribution < -0.4 is 0 Å². The molecule has 72 valence electrons. The van der Waals surface area contributed by atoms with Gasteiger partial charge < -0.3 is 5.11 Å². The highest BCUT2D eigenvalue weighted by Gasteiger charge is 2.09. The Kier molecular flexibility index (Phi) is 2.40. The molecule has 0 spiro atoms. The normalized spacial score (nSPS) is 10.4. The molecule has 4 nitrogen and oxygen atoms in total. The van der Waals surface area contributed by atoms with Crippen LogP contribution in [0.4, 0.5) is 0 Å². The van der Waals surface area contributed by atoms with Gasteiger partial charge in [0.2, 0.25) is 0 Å². The molecule has 0 aliphatic rings. The Morgan fingerprint density at radius 3 is 2.86 bits per heavy atom. The van der Waals surface area contributed by atoms with Gasteiger partial charge in [-0.3, -0.25) is 5.10 Å². The summed E-state index contributed by atoms with van der Waals surface area (Å²) in [6.45, 7) is 1.95. The molecule has 5 heteroatoms. The molecule has 0 bridgehead atoms. The van der Waals surface area contributed by atoms with E-state index < -0.39 is 0 Å². The van der Waals surface area contributed by atoms with Crippen LogP contribution in [0.5, 0.6) is 5.75 Å². The van der Waals surface area contributed by atoms with Crippen molar-refractivity contribution in [3.8, 4) is 17.1 Å². The third kappa shape index (κ3) is 1.59. The summed E-state index contributed by atoms with van der Waals surface area (Å²) in [5, 5.41) is 16.2. The van der Waals surface area contributed by atoms with Gasteiger partial charge in [0.25, 0.3) is 0 Å². The molecule has 0 saturated heterocycles. The van der Waals surface area contributed by atoms with E-state index in [4.69, 9.17) is 0 Å². The van der Waals surface area contributed by atoms with Gasteiger partial charge in [0.1, 0.15) is 12.1 Å². The Morgan fingerprint density at radius 2 is 2.21 bits per heavy atom. The van der Waals surface area contributed by atoms with Crippen molar-refractivity contribution < 1.29 is 5.11 Å². The van der Waals surface area contributed by atoms with E-state index in [9.17, 15) is 5.11 Å². The van der Waals surface area contributed by atoms with E-state index in [-0.39, 0.29) is 5.75 Å². The highest BCUT2D eigenvalue weighted by atomic mass is 127. The van der Waals surface area contributed by atoms with E-state index in [0.717, 1.165) is 9.13 Å². The molecule has 0 amide bonds. The highest BCUT2D eigenvalue weighted by Crippen LogP contribution is 2.29. The van der Waals surface area contributed by atoms with Gasteiger partial charge in [0.05, 0.1) is 5.56 Å². The van der Waals surface area contributed by atoms with Gasteiger partial charge in [-0.25, -0.2) is 4.98 Å². The molecule has 1 aromatic heterocycles. The summed E-state index contributed by atoms with van der Waals surface area (Å²) in [7, 11) is 0. The number of nitrogens with zero attached hydrogens (tertiary/aromatic N) is 2. The van der Waals surface area contributed by atoms with Crippen LogP contribution in [0, 0.1) is 10.5 Å². The molecule has 2 aromatic rings. The van der Waals surface area contributed by atoms with Crippen molar-refractivity contribution in [3.05, 3.63) is 27.6 Å². The van der Waals surface area contributed by atoms with Gasteiger partial charge >= 0.3 is 0 Å². The zero-order valence-electron chi connectivity index (χ0n) is 7.45. The first-order chi connectivity index (χ1) is 6.68. The standard InChI is InChI=1S/C9H8IN3O/c1-5-2-8(14)6(3-7(5)10)9-11-4-12-13-9/h2-4,14H,1H3,(H,11,12,13). The highest BCUT2D eigenvalue weighted by molar-refractivity contribution is 14.1. The molecule has 1 aromatic carbocycles. The predicted molar refractivity (Wildman–Crippen MR) is 60.9 cm³/mol. The molecule has 0 atom stereocenters. The van der Waals surface area contributed by atoms with Crippen molar-refractivity contribution in [3.63, 3.8) is 0 Å². The Hall–Kier alpha value is -1.11. The number of rotatable bonds is 1. The van der Waals surface area contributed by atoms with Gasteiger partial charge in [-0.2, -0.15) is 5.10 Å². The Morgan fingerprint density at radius 1 is 1.43 bits per heavy atom. The fourth-order valence-corrected chi connectivity index (χ4v) is 1.66. The zero-order valence-corrected chi connectivity index (χ0v) is 9.61. The zero-order chi connectivity index (χ0) is 10.1. The van der Waals surface area contributed by atoms with E-state index in [1.807, 2.05) is 13.0 Å². The molecule has 0 radical (unpaired) electrons. The fraction of sp³-hybridized carbons (Fsp3) is 0.111. The second-order valence-corrected chi connectivity index (χ2v) is 4.11. The molecule has 0 unspecified atom stereocenters. The minimum absolute atomic E-state index is 0.222. The largest absolute Gasteiger partial charge is 0.507 e. The SMILES string of the molecule is Cc1cc(O)c(-c2ncn[nH]2)cc1I. The van der Waals surface area contributed by atoms with Crippen LogP contribution in [0.1, 0.15) is 5.56 Å². The van der Waals surface area contributed by atoms with Crippen molar-refractivity contribution in [2.24, 2.45) is 0 Å². The third-order valence-corrected chi connectivity index (χ3v) is 3.11. The molecule has 0 aliphatic carbocycles. The van der Waals surface area contributed by atoms with Crippen LogP contribution in [0.3, 0.4) is 0 Å². The van der Waals surface area contributed by atoms with E-state index in [0.29, 0.717) is 11.4 Å². The molecular formula is C9H8IN3O. The number of phenolic OH excluding ortho intramolecular Hbond substituents is 1. The first kappa shape index (κ1) is 9.45. The maximum absolute atomic E-state index is 9.70. The van der Waals surface area contributed by atoms with Crippen LogP contribution in [-0.2, 0) is 0 Å². The molecule has 14 heavy (non-hydrogen) atoms. The average Bonchev–Trinajstić information content (AvgIpc) is 2.64. The molecule has 0 aliphatic heterocycles. The lowest BCUT2D eigenvalue weighted by Gasteiger charge is -2.04. The van der Waals surface area contributed by atoms with E-state index in [1.54, 1.807) is 6.07 Å². The number of nitrogens with one attached hydrogen (secondary N) is 1. The maximum atomic E-state index is 9.70. The van der Waals surface area contributed by atoms with Crippen molar-refractivity contribution >= 4 is 22.6 Å². The number of H-pyrrole nitrogens is 1. The first-order valence-electron chi connectivity index (χ1n) is 4.03. The van der Waals surface area contributed by atoms with E-state index in [1.165, 1.54) is 6.33 Å². The van der Waals surface area contributed by atoms with E-state index in [2.05, 4.69) is 37.8 Å². The van der Waals surface area contributed by atoms with Crippen molar-refractivity contribution in [1.82, 2.24) is 15.2 Å². The molecule has 1 heterocycles. The molecular weight excluding hydrogens is 293 g/mol. The van der Waals surface area contributed by atoms with Gasteiger partial charge in [0, 0.05) is 3.57 Å². The first-order valence-corrected chi connectivity index (χ1v) is 5.11. The second-order valence-electron chi connectivity index (χ2n) is 2.95. The Bertz CT molecular complexity index is 453. The minimum Gasteiger partial charge on any atom is -0.507 e. The lowest BCUT2D eigenvalue weighted by atomic mass is 10.1. The number of aryl methyl sites for hydroxylation is 1. The summed E-state index contributed by atoms with van der Waals surface area (Å²) in [5.41, 5.74) is 1.73. The third-order valence-electron chi connectivity index (χ3n) is 1.95. The van der Waals surface area contributed by atoms with Crippen LogP contribution in [-0.4, -0.2) is 20.3 Å². The molecule has 0 fully saturated rings. The molecule has 2 N–H and O–H groups in total. The summed E-state index contributed by atoms with van der Waals surface area (Å²) in [6.07, 6.45) is 1.42. The average molecular weight is 301 g/mol. The minimum atomic E-state index is 0.222. The number of halogens is 1. The van der Waals surface area contributed by atoms with Gasteiger partial charge in [-0.05, 0) is 47.2 Å². The predicted octanol–water partition coefficient (Wildman–Crippen LogP) is 2.09. The Balaban J connectivity index is 2.60. The number of hydrogen-bond acceptors (Lipinski definition) is 3. The quantitative estimate of drug-likeness (QED) is 0.793. The van der Waals surface area contributed by atoms with Crippen LogP contribution >= 0.6 is 22.6 Å². The van der Waals surface area contributed by atoms with Crippen LogP contribution in [0.25, 0.3) is 11.4 Å². The molecule has 0 saturated carbocycles. The van der Waals surface area contributed by atoms with E-state index >= 15 is 0 Å². The number of aromatic nitrogens is 3. The van der Waals surface area contributed by atoms with Crippen molar-refractivity contribution in [2.45, 2.75) is 6.92 Å². The van der Waals surface area contributed by atoms with Crippen molar-refractivity contribution in [1.29, 1.82) is 0 Å². The summed E-state index contributed by atoms with van der Waals surface area (Å²) < 4.78 is 1.09. The van der Waals surface area contributed by atoms with Crippen LogP contribution in [0.15, 0.2) is 18.5 Å². The van der Waals surface area contributed by atoms with Gasteiger partial charge in [0.15, 0.2) is 5.82 Å². The lowest BCUT2D eigenvalue weighted by Crippen LogP contribution is -1.86. The summed E-state index contributed by atoms with van der Waals surface area (Å²) in [4.78, 5) is 3.99. The van der Waals surface area contributed by atoms with Gasteiger partial charge in [-0.1, -0.05) is 0 Å². The monoisotopic (exact) mass is 301 g/mol. The summed E-state index contributed by atoms with van der Waals surface area (Å²) in [5.74, 6) is 0.806.